The maximum atomic E-state index is 11.9. The minimum atomic E-state index is -0.425. The van der Waals surface area contributed by atoms with E-state index in [-0.39, 0.29) is 6.61 Å². The van der Waals surface area contributed by atoms with Crippen LogP contribution in [-0.2, 0) is 4.79 Å². The van der Waals surface area contributed by atoms with E-state index in [1.165, 1.54) is 12.3 Å². The van der Waals surface area contributed by atoms with Crippen molar-refractivity contribution in [3.05, 3.63) is 63.9 Å². The highest BCUT2D eigenvalue weighted by atomic mass is 16.5. The van der Waals surface area contributed by atoms with E-state index in [1.54, 1.807) is 18.2 Å². The van der Waals surface area contributed by atoms with Crippen molar-refractivity contribution >= 4 is 23.1 Å². The second kappa shape index (κ2) is 7.34. The number of nitrogens with one attached hydrogen (secondary N) is 1. The molecule has 1 saturated carbocycles. The van der Waals surface area contributed by atoms with Gasteiger partial charge in [0.25, 0.3) is 5.91 Å². The molecule has 1 aliphatic carbocycles. The molecule has 7 nitrogen and oxygen atoms in total. The van der Waals surface area contributed by atoms with Crippen LogP contribution in [0.5, 0.6) is 5.75 Å². The maximum Gasteiger partial charge on any atom is 0.336 e. The Morgan fingerprint density at radius 3 is 2.89 bits per heavy atom. The van der Waals surface area contributed by atoms with Gasteiger partial charge in [0.1, 0.15) is 22.9 Å². The van der Waals surface area contributed by atoms with Gasteiger partial charge in [-0.25, -0.2) is 10.2 Å². The van der Waals surface area contributed by atoms with Gasteiger partial charge in [-0.3, -0.25) is 4.79 Å². The molecular weight excluding hydrogens is 360 g/mol. The monoisotopic (exact) mass is 380 g/mol. The van der Waals surface area contributed by atoms with Gasteiger partial charge in [-0.05, 0) is 49.1 Å². The second-order valence-electron chi connectivity index (χ2n) is 7.05. The van der Waals surface area contributed by atoms with Crippen molar-refractivity contribution in [3.8, 4) is 5.75 Å². The van der Waals surface area contributed by atoms with Crippen molar-refractivity contribution in [2.45, 2.75) is 26.2 Å². The zero-order chi connectivity index (χ0) is 19.7. The first-order chi connectivity index (χ1) is 13.5. The van der Waals surface area contributed by atoms with E-state index in [0.29, 0.717) is 28.9 Å². The average Bonchev–Trinajstić information content (AvgIpc) is 3.20. The van der Waals surface area contributed by atoms with Crippen molar-refractivity contribution in [3.63, 3.8) is 0 Å². The molecular formula is C21H20N2O5. The normalized spacial score (nSPS) is 18.5. The molecule has 0 radical (unpaired) electrons. The molecule has 2 atom stereocenters. The van der Waals surface area contributed by atoms with E-state index in [4.69, 9.17) is 13.6 Å². The Balaban J connectivity index is 1.31. The molecule has 1 amide bonds. The summed E-state index contributed by atoms with van der Waals surface area (Å²) < 4.78 is 16.3. The molecule has 0 saturated heterocycles. The van der Waals surface area contributed by atoms with E-state index in [1.807, 2.05) is 19.1 Å². The van der Waals surface area contributed by atoms with E-state index >= 15 is 0 Å². The first kappa shape index (κ1) is 18.0. The van der Waals surface area contributed by atoms with Gasteiger partial charge in [-0.1, -0.05) is 6.92 Å². The molecule has 28 heavy (non-hydrogen) atoms. The summed E-state index contributed by atoms with van der Waals surface area (Å²) in [6.45, 7) is 3.80. The zero-order valence-electron chi connectivity index (χ0n) is 15.6. The SMILES string of the molecule is Cc1cc(=O)oc2cc(OCC(=O)N/N=C\c3ccc([C@H]4C[C@H]4C)o3)ccc12. The molecule has 7 heteroatoms. The number of ether oxygens (including phenoxy) is 1. The molecule has 1 aliphatic rings. The Bertz CT molecular complexity index is 1110. The third-order valence-corrected chi connectivity index (χ3v) is 4.80. The molecule has 0 spiro atoms. The molecule has 3 aromatic rings. The van der Waals surface area contributed by atoms with Gasteiger partial charge < -0.3 is 13.6 Å². The molecule has 1 N–H and O–H groups in total. The summed E-state index contributed by atoms with van der Waals surface area (Å²) >= 11 is 0. The summed E-state index contributed by atoms with van der Waals surface area (Å²) in [6.07, 6.45) is 2.61. The van der Waals surface area contributed by atoms with Crippen LogP contribution in [0, 0.1) is 12.8 Å². The number of rotatable bonds is 6. The minimum absolute atomic E-state index is 0.220. The number of carbonyl (C=O) groups is 1. The fourth-order valence-corrected chi connectivity index (χ4v) is 3.10. The average molecular weight is 380 g/mol. The molecule has 4 rings (SSSR count). The van der Waals surface area contributed by atoms with Crippen molar-refractivity contribution in [1.29, 1.82) is 0 Å². The van der Waals surface area contributed by atoms with E-state index in [2.05, 4.69) is 17.5 Å². The topological polar surface area (TPSA) is 94.0 Å². The molecule has 0 bridgehead atoms. The van der Waals surface area contributed by atoms with Crippen molar-refractivity contribution in [2.24, 2.45) is 11.0 Å². The van der Waals surface area contributed by atoms with Gasteiger partial charge in [-0.2, -0.15) is 5.10 Å². The van der Waals surface area contributed by atoms with Crippen LogP contribution in [0.2, 0.25) is 0 Å². The third-order valence-electron chi connectivity index (χ3n) is 4.80. The van der Waals surface area contributed by atoms with Crippen molar-refractivity contribution in [2.75, 3.05) is 6.61 Å². The fourth-order valence-electron chi connectivity index (χ4n) is 3.10. The van der Waals surface area contributed by atoms with Crippen LogP contribution >= 0.6 is 0 Å². The van der Waals surface area contributed by atoms with Crippen molar-refractivity contribution < 1.29 is 18.4 Å². The number of hydrogen-bond acceptors (Lipinski definition) is 6. The summed E-state index contributed by atoms with van der Waals surface area (Å²) in [5, 5.41) is 4.70. The number of amides is 1. The lowest BCUT2D eigenvalue weighted by Crippen LogP contribution is -2.24. The van der Waals surface area contributed by atoms with Gasteiger partial charge in [0.05, 0.1) is 6.21 Å². The Labute approximate surface area is 161 Å². The highest BCUT2D eigenvalue weighted by Crippen LogP contribution is 2.47. The molecule has 1 fully saturated rings. The number of nitrogens with zero attached hydrogens (tertiary/aromatic N) is 1. The predicted octanol–water partition coefficient (Wildman–Crippen LogP) is 3.35. The smallest absolute Gasteiger partial charge is 0.336 e. The lowest BCUT2D eigenvalue weighted by atomic mass is 10.1. The number of furan rings is 1. The lowest BCUT2D eigenvalue weighted by molar-refractivity contribution is -0.123. The Kier molecular flexibility index (Phi) is 4.73. The quantitative estimate of drug-likeness (QED) is 0.402. The molecule has 1 aromatic carbocycles. The van der Waals surface area contributed by atoms with Gasteiger partial charge in [-0.15, -0.1) is 0 Å². The van der Waals surface area contributed by atoms with E-state index < -0.39 is 11.5 Å². The van der Waals surface area contributed by atoms with Gasteiger partial charge in [0.2, 0.25) is 0 Å². The number of aryl methyl sites for hydroxylation is 1. The van der Waals surface area contributed by atoms with Crippen LogP contribution < -0.4 is 15.8 Å². The summed E-state index contributed by atoms with van der Waals surface area (Å²) in [7, 11) is 0. The van der Waals surface area contributed by atoms with Gasteiger partial charge in [0.15, 0.2) is 6.61 Å². The number of hydrazone groups is 1. The molecule has 2 aromatic heterocycles. The van der Waals surface area contributed by atoms with Crippen LogP contribution in [0.3, 0.4) is 0 Å². The van der Waals surface area contributed by atoms with Crippen LogP contribution in [0.1, 0.15) is 36.3 Å². The minimum Gasteiger partial charge on any atom is -0.484 e. The van der Waals surface area contributed by atoms with E-state index in [0.717, 1.165) is 23.1 Å². The van der Waals surface area contributed by atoms with Crippen LogP contribution in [-0.4, -0.2) is 18.7 Å². The molecule has 2 heterocycles. The highest BCUT2D eigenvalue weighted by Gasteiger charge is 2.36. The van der Waals surface area contributed by atoms with Crippen LogP contribution in [0.15, 0.2) is 55.1 Å². The Morgan fingerprint density at radius 1 is 1.29 bits per heavy atom. The first-order valence-electron chi connectivity index (χ1n) is 9.08. The maximum absolute atomic E-state index is 11.9. The van der Waals surface area contributed by atoms with Gasteiger partial charge in [0, 0.05) is 23.4 Å². The zero-order valence-corrected chi connectivity index (χ0v) is 15.6. The fraction of sp³-hybridized carbons (Fsp3) is 0.286. The summed E-state index contributed by atoms with van der Waals surface area (Å²) in [5.41, 5.74) is 3.20. The summed E-state index contributed by atoms with van der Waals surface area (Å²) in [4.78, 5) is 23.4. The largest absolute Gasteiger partial charge is 0.484 e. The van der Waals surface area contributed by atoms with Gasteiger partial charge >= 0.3 is 5.63 Å². The van der Waals surface area contributed by atoms with Crippen LogP contribution in [0.4, 0.5) is 0 Å². The number of carbonyl (C=O) groups excluding carboxylic acids is 1. The highest BCUT2D eigenvalue weighted by molar-refractivity contribution is 5.82. The Hall–Kier alpha value is -3.35. The summed E-state index contributed by atoms with van der Waals surface area (Å²) in [6, 6.07) is 10.3. The first-order valence-corrected chi connectivity index (χ1v) is 9.08. The second-order valence-corrected chi connectivity index (χ2v) is 7.05. The molecule has 0 unspecified atom stereocenters. The standard InChI is InChI=1S/C21H20N2O5/c1-12-7-17(12)18-6-4-15(27-18)10-22-23-20(24)11-26-14-3-5-16-13(2)8-21(25)28-19(16)9-14/h3-6,8-10,12,17H,7,11H2,1-2H3,(H,23,24)/b22-10-/t12-,17+/m1/s1. The van der Waals surface area contributed by atoms with Crippen molar-refractivity contribution in [1.82, 2.24) is 5.43 Å². The number of benzene rings is 1. The van der Waals surface area contributed by atoms with E-state index in [9.17, 15) is 9.59 Å². The molecule has 0 aliphatic heterocycles. The Morgan fingerprint density at radius 2 is 2.11 bits per heavy atom. The molecule has 144 valence electrons. The van der Waals surface area contributed by atoms with Crippen LogP contribution in [0.25, 0.3) is 11.0 Å². The summed E-state index contributed by atoms with van der Waals surface area (Å²) in [5.74, 6) is 2.73. The number of fused-ring (bicyclic) bond motifs is 1. The third kappa shape index (κ3) is 3.98. The lowest BCUT2D eigenvalue weighted by Gasteiger charge is -2.06. The number of hydrogen-bond donors (Lipinski definition) is 1. The predicted molar refractivity (Wildman–Crippen MR) is 104 cm³/mol.